The van der Waals surface area contributed by atoms with Crippen LogP contribution in [0.25, 0.3) is 0 Å². The van der Waals surface area contributed by atoms with Gasteiger partial charge in [-0.1, -0.05) is 84.9 Å². The van der Waals surface area contributed by atoms with Crippen LogP contribution in [0.3, 0.4) is 0 Å². The average Bonchev–Trinajstić information content (AvgIpc) is 2.73. The van der Waals surface area contributed by atoms with E-state index in [1.165, 1.54) is 22.3 Å². The fourth-order valence-electron chi connectivity index (χ4n) is 4.14. The van der Waals surface area contributed by atoms with Gasteiger partial charge in [0.25, 0.3) is 0 Å². The van der Waals surface area contributed by atoms with Crippen molar-refractivity contribution in [3.63, 3.8) is 0 Å². The maximum atomic E-state index is 13.0. The summed E-state index contributed by atoms with van der Waals surface area (Å²) < 4.78 is 0. The number of rotatable bonds is 5. The first-order valence-corrected chi connectivity index (χ1v) is 9.78. The number of benzene rings is 3. The lowest BCUT2D eigenvalue weighted by Crippen LogP contribution is -2.32. The standard InChI is InChI=1S/C25H25NO/c27-25(26-24-17-9-15-19-14-7-8-16-22(19)24)18-23(20-10-3-1-4-11-20)21-12-5-2-6-13-21/h1-8,10-14,16,23-24H,9,15,17-18H2,(H,26,27). The third-order valence-corrected chi connectivity index (χ3v) is 5.50. The highest BCUT2D eigenvalue weighted by molar-refractivity contribution is 5.78. The van der Waals surface area contributed by atoms with E-state index in [9.17, 15) is 4.79 Å². The molecule has 1 unspecified atom stereocenters. The molecule has 0 heterocycles. The molecule has 3 aromatic carbocycles. The Hall–Kier alpha value is -2.87. The van der Waals surface area contributed by atoms with Crippen molar-refractivity contribution in [3.8, 4) is 0 Å². The molecule has 1 amide bonds. The molecular formula is C25H25NO. The van der Waals surface area contributed by atoms with Crippen LogP contribution in [0.1, 0.15) is 53.5 Å². The zero-order valence-electron chi connectivity index (χ0n) is 15.5. The lowest BCUT2D eigenvalue weighted by molar-refractivity contribution is -0.122. The number of nitrogens with one attached hydrogen (secondary N) is 1. The minimum absolute atomic E-state index is 0.0752. The smallest absolute Gasteiger partial charge is 0.221 e. The number of carbonyl (C=O) groups is 1. The van der Waals surface area contributed by atoms with Crippen molar-refractivity contribution < 1.29 is 4.79 Å². The van der Waals surface area contributed by atoms with E-state index >= 15 is 0 Å². The highest BCUT2D eigenvalue weighted by atomic mass is 16.1. The van der Waals surface area contributed by atoms with Gasteiger partial charge in [-0.15, -0.1) is 0 Å². The maximum Gasteiger partial charge on any atom is 0.221 e. The van der Waals surface area contributed by atoms with Gasteiger partial charge in [-0.2, -0.15) is 0 Å². The molecular weight excluding hydrogens is 330 g/mol. The van der Waals surface area contributed by atoms with Gasteiger partial charge in [0.15, 0.2) is 0 Å². The van der Waals surface area contributed by atoms with E-state index in [1.807, 2.05) is 36.4 Å². The molecule has 0 spiro atoms. The SMILES string of the molecule is O=C(CC(c1ccccc1)c1ccccc1)NC1CCCc2ccccc21. The Labute approximate surface area is 161 Å². The summed E-state index contributed by atoms with van der Waals surface area (Å²) in [6.45, 7) is 0. The molecule has 1 aliphatic carbocycles. The molecule has 0 bridgehead atoms. The Morgan fingerprint density at radius 1 is 0.852 bits per heavy atom. The highest BCUT2D eigenvalue weighted by Gasteiger charge is 2.24. The summed E-state index contributed by atoms with van der Waals surface area (Å²) in [7, 11) is 0. The van der Waals surface area contributed by atoms with Gasteiger partial charge in [-0.05, 0) is 41.5 Å². The Bertz CT molecular complexity index is 849. The maximum absolute atomic E-state index is 13.0. The fraction of sp³-hybridized carbons (Fsp3) is 0.240. The lowest BCUT2D eigenvalue weighted by atomic mass is 9.86. The summed E-state index contributed by atoms with van der Waals surface area (Å²) in [4.78, 5) is 13.0. The number of hydrogen-bond acceptors (Lipinski definition) is 1. The van der Waals surface area contributed by atoms with Crippen molar-refractivity contribution in [1.82, 2.24) is 5.32 Å². The molecule has 0 saturated carbocycles. The van der Waals surface area contributed by atoms with Crippen molar-refractivity contribution in [2.24, 2.45) is 0 Å². The second-order valence-corrected chi connectivity index (χ2v) is 7.29. The van der Waals surface area contributed by atoms with Gasteiger partial charge in [0.2, 0.25) is 5.91 Å². The van der Waals surface area contributed by atoms with E-state index in [2.05, 4.69) is 53.8 Å². The zero-order valence-corrected chi connectivity index (χ0v) is 15.5. The largest absolute Gasteiger partial charge is 0.349 e. The molecule has 2 nitrogen and oxygen atoms in total. The third kappa shape index (κ3) is 4.11. The van der Waals surface area contributed by atoms with Crippen molar-refractivity contribution in [1.29, 1.82) is 0 Å². The first kappa shape index (κ1) is 17.5. The van der Waals surface area contributed by atoms with Crippen LogP contribution in [0.15, 0.2) is 84.9 Å². The van der Waals surface area contributed by atoms with Crippen molar-refractivity contribution >= 4 is 5.91 Å². The molecule has 0 radical (unpaired) electrons. The Morgan fingerprint density at radius 2 is 1.44 bits per heavy atom. The lowest BCUT2D eigenvalue weighted by Gasteiger charge is -2.27. The van der Waals surface area contributed by atoms with Gasteiger partial charge in [0.05, 0.1) is 6.04 Å². The van der Waals surface area contributed by atoms with E-state index < -0.39 is 0 Å². The first-order chi connectivity index (χ1) is 13.3. The second kappa shape index (κ2) is 8.22. The highest BCUT2D eigenvalue weighted by Crippen LogP contribution is 2.31. The zero-order chi connectivity index (χ0) is 18.5. The summed E-state index contributed by atoms with van der Waals surface area (Å²) in [6, 6.07) is 29.3. The van der Waals surface area contributed by atoms with E-state index in [-0.39, 0.29) is 17.9 Å². The van der Waals surface area contributed by atoms with Crippen LogP contribution in [-0.2, 0) is 11.2 Å². The fourth-order valence-corrected chi connectivity index (χ4v) is 4.14. The Morgan fingerprint density at radius 3 is 2.11 bits per heavy atom. The predicted molar refractivity (Wildman–Crippen MR) is 110 cm³/mol. The minimum Gasteiger partial charge on any atom is -0.349 e. The molecule has 27 heavy (non-hydrogen) atoms. The summed E-state index contributed by atoms with van der Waals surface area (Å²) in [5.41, 5.74) is 5.02. The van der Waals surface area contributed by atoms with Crippen molar-refractivity contribution in [2.45, 2.75) is 37.6 Å². The minimum atomic E-state index is 0.0752. The molecule has 1 atom stereocenters. The quantitative estimate of drug-likeness (QED) is 0.652. The number of amides is 1. The molecule has 1 N–H and O–H groups in total. The Kier molecular flexibility index (Phi) is 5.34. The summed E-state index contributed by atoms with van der Waals surface area (Å²) in [5.74, 6) is 0.195. The molecule has 1 aliphatic rings. The van der Waals surface area contributed by atoms with E-state index in [1.54, 1.807) is 0 Å². The normalized spacial score (nSPS) is 16.0. The summed E-state index contributed by atoms with van der Waals surface area (Å²) in [6.07, 6.45) is 3.72. The number of hydrogen-bond donors (Lipinski definition) is 1. The van der Waals surface area contributed by atoms with Gasteiger partial charge >= 0.3 is 0 Å². The summed E-state index contributed by atoms with van der Waals surface area (Å²) >= 11 is 0. The van der Waals surface area contributed by atoms with Crippen LogP contribution >= 0.6 is 0 Å². The second-order valence-electron chi connectivity index (χ2n) is 7.29. The number of carbonyl (C=O) groups excluding carboxylic acids is 1. The molecule has 0 aliphatic heterocycles. The molecule has 0 aromatic heterocycles. The first-order valence-electron chi connectivity index (χ1n) is 9.78. The third-order valence-electron chi connectivity index (χ3n) is 5.50. The van der Waals surface area contributed by atoms with Crippen LogP contribution in [-0.4, -0.2) is 5.91 Å². The van der Waals surface area contributed by atoms with E-state index in [0.717, 1.165) is 19.3 Å². The van der Waals surface area contributed by atoms with Crippen molar-refractivity contribution in [3.05, 3.63) is 107 Å². The van der Waals surface area contributed by atoms with Crippen LogP contribution in [0.5, 0.6) is 0 Å². The predicted octanol–water partition coefficient (Wildman–Crippen LogP) is 5.40. The average molecular weight is 355 g/mol. The van der Waals surface area contributed by atoms with Crippen LogP contribution in [0.4, 0.5) is 0 Å². The summed E-state index contributed by atoms with van der Waals surface area (Å²) in [5, 5.41) is 3.31. The number of aryl methyl sites for hydroxylation is 1. The molecule has 3 aromatic rings. The van der Waals surface area contributed by atoms with Gasteiger partial charge in [0.1, 0.15) is 0 Å². The molecule has 2 heteroatoms. The van der Waals surface area contributed by atoms with Gasteiger partial charge in [0, 0.05) is 12.3 Å². The number of fused-ring (bicyclic) bond motifs is 1. The molecule has 4 rings (SSSR count). The molecule has 136 valence electrons. The van der Waals surface area contributed by atoms with E-state index in [4.69, 9.17) is 0 Å². The van der Waals surface area contributed by atoms with Gasteiger partial charge in [-0.25, -0.2) is 0 Å². The van der Waals surface area contributed by atoms with Gasteiger partial charge < -0.3 is 5.32 Å². The van der Waals surface area contributed by atoms with E-state index in [0.29, 0.717) is 6.42 Å². The van der Waals surface area contributed by atoms with Crippen LogP contribution in [0.2, 0.25) is 0 Å². The topological polar surface area (TPSA) is 29.1 Å². The molecule has 0 saturated heterocycles. The van der Waals surface area contributed by atoms with Gasteiger partial charge in [-0.3, -0.25) is 4.79 Å². The van der Waals surface area contributed by atoms with Crippen molar-refractivity contribution in [2.75, 3.05) is 0 Å². The Balaban J connectivity index is 1.53. The molecule has 0 fully saturated rings. The van der Waals surface area contributed by atoms with Crippen LogP contribution < -0.4 is 5.32 Å². The monoisotopic (exact) mass is 355 g/mol. The van der Waals surface area contributed by atoms with Crippen LogP contribution in [0, 0.1) is 0 Å².